The van der Waals surface area contributed by atoms with Crippen LogP contribution in [-0.4, -0.2) is 34.0 Å². The van der Waals surface area contributed by atoms with Crippen LogP contribution in [0.25, 0.3) is 0 Å². The molecule has 1 aliphatic heterocycles. The molecule has 0 aliphatic carbocycles. The Morgan fingerprint density at radius 2 is 2.29 bits per heavy atom. The van der Waals surface area contributed by atoms with Crippen LogP contribution in [0.4, 0.5) is 4.79 Å². The van der Waals surface area contributed by atoms with E-state index in [4.69, 9.17) is 0 Å². The summed E-state index contributed by atoms with van der Waals surface area (Å²) in [7, 11) is 0. The summed E-state index contributed by atoms with van der Waals surface area (Å²) in [6, 6.07) is 1.81. The largest absolute Gasteiger partial charge is 0.332 e. The summed E-state index contributed by atoms with van der Waals surface area (Å²) in [5.41, 5.74) is 0.832. The van der Waals surface area contributed by atoms with Gasteiger partial charge < -0.3 is 10.2 Å². The van der Waals surface area contributed by atoms with E-state index in [-0.39, 0.29) is 6.03 Å². The number of aromatic nitrogens is 2. The molecule has 92 valence electrons. The van der Waals surface area contributed by atoms with Crippen molar-refractivity contribution < 1.29 is 4.79 Å². The third kappa shape index (κ3) is 3.41. The number of amides is 2. The van der Waals surface area contributed by atoms with Crippen molar-refractivity contribution in [1.29, 1.82) is 0 Å². The highest BCUT2D eigenvalue weighted by Crippen LogP contribution is 2.15. The Bertz CT molecular complexity index is 360. The zero-order chi connectivity index (χ0) is 12.1. The molecular weight excluding hydrogens is 216 g/mol. The molecule has 1 saturated heterocycles. The zero-order valence-electron chi connectivity index (χ0n) is 10.1. The maximum absolute atomic E-state index is 11.8. The van der Waals surface area contributed by atoms with Crippen LogP contribution in [0.15, 0.2) is 18.6 Å². The van der Waals surface area contributed by atoms with E-state index >= 15 is 0 Å². The average molecular weight is 234 g/mol. The number of hydrogen-bond acceptors (Lipinski definition) is 3. The van der Waals surface area contributed by atoms with Crippen molar-refractivity contribution >= 4 is 6.03 Å². The first-order valence-electron chi connectivity index (χ1n) is 6.03. The van der Waals surface area contributed by atoms with Crippen LogP contribution < -0.4 is 5.32 Å². The van der Waals surface area contributed by atoms with Crippen LogP contribution in [0, 0.1) is 5.92 Å². The van der Waals surface area contributed by atoms with Gasteiger partial charge in [0.05, 0.1) is 12.2 Å². The monoisotopic (exact) mass is 234 g/mol. The number of nitrogens with one attached hydrogen (secondary N) is 1. The molecule has 0 atom stereocenters. The molecule has 2 rings (SSSR count). The summed E-state index contributed by atoms with van der Waals surface area (Å²) in [4.78, 5) is 21.6. The minimum absolute atomic E-state index is 0.00973. The quantitative estimate of drug-likeness (QED) is 0.842. The van der Waals surface area contributed by atoms with Crippen molar-refractivity contribution in [2.45, 2.75) is 26.3 Å². The fourth-order valence-corrected chi connectivity index (χ4v) is 1.91. The Labute approximate surface area is 101 Å². The van der Waals surface area contributed by atoms with E-state index in [1.54, 1.807) is 12.3 Å². The lowest BCUT2D eigenvalue weighted by Gasteiger charge is -2.30. The second kappa shape index (κ2) is 5.61. The molecule has 0 bridgehead atoms. The molecule has 0 aromatic carbocycles. The third-order valence-corrected chi connectivity index (χ3v) is 3.13. The van der Waals surface area contributed by atoms with E-state index in [1.807, 2.05) is 4.90 Å². The van der Waals surface area contributed by atoms with Crippen LogP contribution in [0.5, 0.6) is 0 Å². The average Bonchev–Trinajstić information content (AvgIpc) is 2.38. The van der Waals surface area contributed by atoms with Crippen LogP contribution in [-0.2, 0) is 6.54 Å². The first-order valence-corrected chi connectivity index (χ1v) is 6.03. The summed E-state index contributed by atoms with van der Waals surface area (Å²) in [5.74, 6) is 0.737. The van der Waals surface area contributed by atoms with Gasteiger partial charge in [0, 0.05) is 19.3 Å². The second-order valence-corrected chi connectivity index (χ2v) is 4.53. The smallest absolute Gasteiger partial charge is 0.317 e. The van der Waals surface area contributed by atoms with Crippen LogP contribution >= 0.6 is 0 Å². The highest BCUT2D eigenvalue weighted by molar-refractivity contribution is 5.74. The zero-order valence-corrected chi connectivity index (χ0v) is 10.1. The van der Waals surface area contributed by atoms with Gasteiger partial charge in [0.25, 0.3) is 0 Å². The Hall–Kier alpha value is -1.65. The summed E-state index contributed by atoms with van der Waals surface area (Å²) in [6.45, 7) is 4.41. The Kier molecular flexibility index (Phi) is 3.90. The van der Waals surface area contributed by atoms with Crippen molar-refractivity contribution in [2.24, 2.45) is 5.92 Å². The molecule has 0 radical (unpaired) electrons. The van der Waals surface area contributed by atoms with Crippen LogP contribution in [0.3, 0.4) is 0 Å². The van der Waals surface area contributed by atoms with Gasteiger partial charge in [0.1, 0.15) is 6.33 Å². The number of nitrogens with zero attached hydrogens (tertiary/aromatic N) is 3. The number of likely N-dealkylation sites (tertiary alicyclic amines) is 1. The van der Waals surface area contributed by atoms with Gasteiger partial charge >= 0.3 is 6.03 Å². The van der Waals surface area contributed by atoms with Crippen molar-refractivity contribution in [3.63, 3.8) is 0 Å². The number of carbonyl (C=O) groups excluding carboxylic acids is 1. The van der Waals surface area contributed by atoms with Gasteiger partial charge in [-0.1, -0.05) is 6.92 Å². The highest BCUT2D eigenvalue weighted by atomic mass is 16.2. The molecule has 17 heavy (non-hydrogen) atoms. The van der Waals surface area contributed by atoms with E-state index in [1.165, 1.54) is 6.33 Å². The Morgan fingerprint density at radius 3 is 2.94 bits per heavy atom. The maximum atomic E-state index is 11.8. The Balaban J connectivity index is 1.78. The fourth-order valence-electron chi connectivity index (χ4n) is 1.91. The number of urea groups is 1. The molecule has 1 fully saturated rings. The molecule has 0 spiro atoms. The minimum Gasteiger partial charge on any atom is -0.332 e. The topological polar surface area (TPSA) is 58.1 Å². The fraction of sp³-hybridized carbons (Fsp3) is 0.583. The number of rotatable bonds is 2. The first-order chi connectivity index (χ1) is 8.25. The molecule has 1 aliphatic rings. The van der Waals surface area contributed by atoms with Crippen LogP contribution in [0.1, 0.15) is 25.5 Å². The Morgan fingerprint density at radius 1 is 1.53 bits per heavy atom. The van der Waals surface area contributed by atoms with E-state index in [0.29, 0.717) is 6.54 Å². The van der Waals surface area contributed by atoms with E-state index < -0.39 is 0 Å². The highest BCUT2D eigenvalue weighted by Gasteiger charge is 2.19. The number of hydrogen-bond donors (Lipinski definition) is 1. The van der Waals surface area contributed by atoms with E-state index in [0.717, 1.165) is 37.5 Å². The van der Waals surface area contributed by atoms with Gasteiger partial charge in [0.15, 0.2) is 0 Å². The molecule has 0 saturated carbocycles. The normalized spacial score (nSPS) is 16.9. The standard InChI is InChI=1S/C12H18N4O/c1-10-3-6-16(7-4-10)12(17)14-8-11-2-5-13-9-15-11/h2,5,9-10H,3-4,6-8H2,1H3,(H,14,17). The SMILES string of the molecule is CC1CCN(C(=O)NCc2ccncn2)CC1. The summed E-state index contributed by atoms with van der Waals surface area (Å²) in [6.07, 6.45) is 5.36. The molecule has 1 aromatic heterocycles. The minimum atomic E-state index is 0.00973. The van der Waals surface area contributed by atoms with Gasteiger partial charge in [-0.05, 0) is 24.8 Å². The second-order valence-electron chi connectivity index (χ2n) is 4.53. The van der Waals surface area contributed by atoms with Gasteiger partial charge in [-0.15, -0.1) is 0 Å². The summed E-state index contributed by atoms with van der Waals surface area (Å²) in [5, 5.41) is 2.88. The summed E-state index contributed by atoms with van der Waals surface area (Å²) < 4.78 is 0. The van der Waals surface area contributed by atoms with Gasteiger partial charge in [-0.25, -0.2) is 14.8 Å². The van der Waals surface area contributed by atoms with E-state index in [9.17, 15) is 4.79 Å². The van der Waals surface area contributed by atoms with Crippen molar-refractivity contribution in [3.8, 4) is 0 Å². The van der Waals surface area contributed by atoms with Crippen LogP contribution in [0.2, 0.25) is 0 Å². The van der Waals surface area contributed by atoms with Crippen molar-refractivity contribution in [3.05, 3.63) is 24.3 Å². The maximum Gasteiger partial charge on any atom is 0.317 e. The van der Waals surface area contributed by atoms with Gasteiger partial charge in [-0.3, -0.25) is 0 Å². The van der Waals surface area contributed by atoms with Gasteiger partial charge in [0.2, 0.25) is 0 Å². The van der Waals surface area contributed by atoms with Crippen molar-refractivity contribution in [2.75, 3.05) is 13.1 Å². The molecule has 2 amide bonds. The lowest BCUT2D eigenvalue weighted by molar-refractivity contribution is 0.173. The number of piperidine rings is 1. The third-order valence-electron chi connectivity index (χ3n) is 3.13. The molecule has 5 heteroatoms. The van der Waals surface area contributed by atoms with Crippen molar-refractivity contribution in [1.82, 2.24) is 20.2 Å². The predicted octanol–water partition coefficient (Wildman–Crippen LogP) is 1.42. The molecule has 0 unspecified atom stereocenters. The lowest BCUT2D eigenvalue weighted by Crippen LogP contribution is -2.43. The summed E-state index contributed by atoms with van der Waals surface area (Å²) >= 11 is 0. The molecule has 5 nitrogen and oxygen atoms in total. The molecular formula is C12H18N4O. The lowest BCUT2D eigenvalue weighted by atomic mass is 10.00. The predicted molar refractivity (Wildman–Crippen MR) is 64.2 cm³/mol. The molecule has 2 heterocycles. The first kappa shape index (κ1) is 11.8. The number of carbonyl (C=O) groups is 1. The van der Waals surface area contributed by atoms with E-state index in [2.05, 4.69) is 22.2 Å². The molecule has 1 aromatic rings. The van der Waals surface area contributed by atoms with Gasteiger partial charge in [-0.2, -0.15) is 0 Å². The molecule has 1 N–H and O–H groups in total.